The van der Waals surface area contributed by atoms with Gasteiger partial charge in [0.25, 0.3) is 0 Å². The van der Waals surface area contributed by atoms with Crippen LogP contribution in [0.15, 0.2) is 0 Å². The van der Waals surface area contributed by atoms with Gasteiger partial charge < -0.3 is 4.90 Å². The van der Waals surface area contributed by atoms with Gasteiger partial charge in [-0.15, -0.1) is 0 Å². The molecular formula is C13H25NS. The molecule has 1 aliphatic carbocycles. The highest BCUT2D eigenvalue weighted by atomic mass is 32.2. The van der Waals surface area contributed by atoms with Crippen molar-refractivity contribution in [1.29, 1.82) is 0 Å². The van der Waals surface area contributed by atoms with Crippen molar-refractivity contribution in [2.24, 2.45) is 11.8 Å². The summed E-state index contributed by atoms with van der Waals surface area (Å²) in [7, 11) is 2.26. The van der Waals surface area contributed by atoms with Gasteiger partial charge in [0, 0.05) is 5.25 Å². The molecule has 0 atom stereocenters. The van der Waals surface area contributed by atoms with E-state index in [4.69, 9.17) is 0 Å². The standard InChI is InChI=1S/C13H25NS/c1-14-9-7-12(8-10-14)11-3-5-13(15-2)6-4-11/h11-13H,3-10H2,1-2H3. The molecule has 0 amide bonds. The van der Waals surface area contributed by atoms with E-state index in [9.17, 15) is 0 Å². The molecule has 0 bridgehead atoms. The van der Waals surface area contributed by atoms with Crippen LogP contribution in [0.25, 0.3) is 0 Å². The molecule has 88 valence electrons. The first-order valence-corrected chi connectivity index (χ1v) is 7.79. The van der Waals surface area contributed by atoms with E-state index in [1.54, 1.807) is 0 Å². The fourth-order valence-corrected chi connectivity index (χ4v) is 4.04. The third-order valence-corrected chi connectivity index (χ3v) is 5.62. The maximum atomic E-state index is 2.49. The highest BCUT2D eigenvalue weighted by molar-refractivity contribution is 7.99. The minimum Gasteiger partial charge on any atom is -0.306 e. The normalized spacial score (nSPS) is 35.6. The zero-order valence-corrected chi connectivity index (χ0v) is 11.1. The van der Waals surface area contributed by atoms with Crippen LogP contribution in [0.5, 0.6) is 0 Å². The average molecular weight is 227 g/mol. The van der Waals surface area contributed by atoms with Gasteiger partial charge in [0.15, 0.2) is 0 Å². The van der Waals surface area contributed by atoms with Gasteiger partial charge in [-0.1, -0.05) is 0 Å². The summed E-state index contributed by atoms with van der Waals surface area (Å²) in [5, 5.41) is 0.979. The summed E-state index contributed by atoms with van der Waals surface area (Å²) in [6, 6.07) is 0. The Morgan fingerprint density at radius 1 is 0.867 bits per heavy atom. The molecule has 0 aromatic heterocycles. The monoisotopic (exact) mass is 227 g/mol. The number of hydrogen-bond donors (Lipinski definition) is 0. The second-order valence-corrected chi connectivity index (χ2v) is 6.55. The van der Waals surface area contributed by atoms with Crippen LogP contribution in [0.1, 0.15) is 38.5 Å². The maximum absolute atomic E-state index is 2.49. The lowest BCUT2D eigenvalue weighted by atomic mass is 9.76. The molecule has 1 nitrogen and oxygen atoms in total. The molecule has 0 N–H and O–H groups in total. The number of likely N-dealkylation sites (tertiary alicyclic amines) is 1. The molecule has 2 rings (SSSR count). The first kappa shape index (κ1) is 11.8. The van der Waals surface area contributed by atoms with Crippen LogP contribution in [0.3, 0.4) is 0 Å². The van der Waals surface area contributed by atoms with Crippen LogP contribution < -0.4 is 0 Å². The predicted octanol–water partition coefficient (Wildman–Crippen LogP) is 3.25. The molecule has 0 aromatic rings. The molecule has 1 aliphatic heterocycles. The quantitative estimate of drug-likeness (QED) is 0.712. The Hall–Kier alpha value is 0.310. The van der Waals surface area contributed by atoms with Crippen LogP contribution in [-0.4, -0.2) is 36.5 Å². The number of thioether (sulfide) groups is 1. The van der Waals surface area contributed by atoms with E-state index in [-0.39, 0.29) is 0 Å². The molecule has 15 heavy (non-hydrogen) atoms. The van der Waals surface area contributed by atoms with Crippen molar-refractivity contribution in [2.45, 2.75) is 43.8 Å². The molecule has 1 saturated heterocycles. The molecule has 0 radical (unpaired) electrons. The molecule has 1 heterocycles. The second-order valence-electron chi connectivity index (χ2n) is 5.41. The Labute approximate surface area is 99.0 Å². The topological polar surface area (TPSA) is 3.24 Å². The van der Waals surface area contributed by atoms with Crippen molar-refractivity contribution in [2.75, 3.05) is 26.4 Å². The van der Waals surface area contributed by atoms with Gasteiger partial charge in [0.2, 0.25) is 0 Å². The summed E-state index contributed by atoms with van der Waals surface area (Å²) in [6.45, 7) is 2.68. The summed E-state index contributed by atoms with van der Waals surface area (Å²) >= 11 is 2.09. The first-order valence-electron chi connectivity index (χ1n) is 6.51. The number of rotatable bonds is 2. The van der Waals surface area contributed by atoms with E-state index < -0.39 is 0 Å². The molecule has 2 fully saturated rings. The minimum atomic E-state index is 0.979. The summed E-state index contributed by atoms with van der Waals surface area (Å²) in [5.74, 6) is 2.13. The van der Waals surface area contributed by atoms with Gasteiger partial charge in [-0.2, -0.15) is 11.8 Å². The van der Waals surface area contributed by atoms with Crippen LogP contribution in [0.4, 0.5) is 0 Å². The van der Waals surface area contributed by atoms with Crippen molar-refractivity contribution >= 4 is 11.8 Å². The van der Waals surface area contributed by atoms with Crippen LogP contribution in [0, 0.1) is 11.8 Å². The first-order chi connectivity index (χ1) is 7.29. The van der Waals surface area contributed by atoms with Gasteiger partial charge in [-0.05, 0) is 76.8 Å². The van der Waals surface area contributed by atoms with Gasteiger partial charge in [0.05, 0.1) is 0 Å². The summed E-state index contributed by atoms with van der Waals surface area (Å²) in [5.41, 5.74) is 0. The fraction of sp³-hybridized carbons (Fsp3) is 1.00. The fourth-order valence-electron chi connectivity index (χ4n) is 3.30. The molecule has 0 spiro atoms. The van der Waals surface area contributed by atoms with Crippen LogP contribution in [-0.2, 0) is 0 Å². The van der Waals surface area contributed by atoms with E-state index in [0.29, 0.717) is 0 Å². The van der Waals surface area contributed by atoms with Gasteiger partial charge in [0.1, 0.15) is 0 Å². The Bertz CT molecular complexity index is 179. The zero-order valence-electron chi connectivity index (χ0n) is 10.2. The predicted molar refractivity (Wildman–Crippen MR) is 69.5 cm³/mol. The summed E-state index contributed by atoms with van der Waals surface area (Å²) in [4.78, 5) is 2.49. The molecular weight excluding hydrogens is 202 g/mol. The number of piperidine rings is 1. The minimum absolute atomic E-state index is 0.979. The van der Waals surface area contributed by atoms with Crippen LogP contribution >= 0.6 is 11.8 Å². The van der Waals surface area contributed by atoms with Crippen molar-refractivity contribution in [1.82, 2.24) is 4.90 Å². The van der Waals surface area contributed by atoms with Gasteiger partial charge in [-0.3, -0.25) is 0 Å². The largest absolute Gasteiger partial charge is 0.306 e. The lowest BCUT2D eigenvalue weighted by Crippen LogP contribution is -2.34. The van der Waals surface area contributed by atoms with Crippen molar-refractivity contribution < 1.29 is 0 Å². The Kier molecular flexibility index (Phi) is 4.39. The summed E-state index contributed by atoms with van der Waals surface area (Å²) < 4.78 is 0. The third-order valence-electron chi connectivity index (χ3n) is 4.48. The zero-order chi connectivity index (χ0) is 10.7. The van der Waals surface area contributed by atoms with Gasteiger partial charge in [-0.25, -0.2) is 0 Å². The molecule has 2 aliphatic rings. The van der Waals surface area contributed by atoms with Crippen molar-refractivity contribution in [3.8, 4) is 0 Å². The lowest BCUT2D eigenvalue weighted by Gasteiger charge is -2.37. The van der Waals surface area contributed by atoms with Gasteiger partial charge >= 0.3 is 0 Å². The maximum Gasteiger partial charge on any atom is 0.00444 e. The van der Waals surface area contributed by atoms with Crippen molar-refractivity contribution in [3.05, 3.63) is 0 Å². The molecule has 2 heteroatoms. The van der Waals surface area contributed by atoms with E-state index in [1.165, 1.54) is 51.6 Å². The number of hydrogen-bond acceptors (Lipinski definition) is 2. The summed E-state index contributed by atoms with van der Waals surface area (Å²) in [6.07, 6.45) is 11.2. The van der Waals surface area contributed by atoms with Crippen LogP contribution in [0.2, 0.25) is 0 Å². The number of nitrogens with zero attached hydrogens (tertiary/aromatic N) is 1. The van der Waals surface area contributed by atoms with E-state index in [0.717, 1.165) is 17.1 Å². The highest BCUT2D eigenvalue weighted by Gasteiger charge is 2.28. The lowest BCUT2D eigenvalue weighted by molar-refractivity contribution is 0.146. The smallest absolute Gasteiger partial charge is 0.00444 e. The highest BCUT2D eigenvalue weighted by Crippen LogP contribution is 2.38. The SMILES string of the molecule is CSC1CCC(C2CCN(C)CC2)CC1. The second kappa shape index (κ2) is 5.58. The van der Waals surface area contributed by atoms with Crippen molar-refractivity contribution in [3.63, 3.8) is 0 Å². The third kappa shape index (κ3) is 3.13. The molecule has 0 aromatic carbocycles. The van der Waals surface area contributed by atoms with E-state index >= 15 is 0 Å². The Morgan fingerprint density at radius 3 is 1.93 bits per heavy atom. The Balaban J connectivity index is 1.75. The Morgan fingerprint density at radius 2 is 1.40 bits per heavy atom. The molecule has 1 saturated carbocycles. The average Bonchev–Trinajstić information content (AvgIpc) is 2.30. The molecule has 0 unspecified atom stereocenters. The van der Waals surface area contributed by atoms with E-state index in [1.807, 2.05) is 0 Å². The van der Waals surface area contributed by atoms with E-state index in [2.05, 4.69) is 30.0 Å².